The second kappa shape index (κ2) is 9.11. The zero-order valence-corrected chi connectivity index (χ0v) is 21.3. The molecule has 0 saturated carbocycles. The maximum atomic E-state index is 12.8. The van der Waals surface area contributed by atoms with Gasteiger partial charge in [0, 0.05) is 30.1 Å². The molecule has 3 N–H and O–H groups in total. The largest absolute Gasteiger partial charge is 0.372 e. The second-order valence-corrected chi connectivity index (χ2v) is 9.98. The molecule has 5 aromatic rings. The number of hydrogen-bond acceptors (Lipinski definition) is 5. The smallest absolute Gasteiger partial charge is 0.251 e. The van der Waals surface area contributed by atoms with Crippen LogP contribution in [-0.2, 0) is 12.0 Å². The van der Waals surface area contributed by atoms with E-state index in [0.717, 1.165) is 51.1 Å². The summed E-state index contributed by atoms with van der Waals surface area (Å²) < 4.78 is 1.94. The summed E-state index contributed by atoms with van der Waals surface area (Å²) in [4.78, 5) is 25.4. The van der Waals surface area contributed by atoms with E-state index in [-0.39, 0.29) is 11.4 Å². The lowest BCUT2D eigenvalue weighted by Crippen LogP contribution is -2.25. The third kappa shape index (κ3) is 4.19. The van der Waals surface area contributed by atoms with E-state index in [0.29, 0.717) is 12.1 Å². The summed E-state index contributed by atoms with van der Waals surface area (Å²) in [5.74, 6) is 0.636. The maximum Gasteiger partial charge on any atom is 0.251 e. The number of carbonyl (C=O) groups is 1. The van der Waals surface area contributed by atoms with Crippen molar-refractivity contribution in [1.82, 2.24) is 30.0 Å². The SMILES string of the molecule is CNc1ncnc2c1c(-c1[nH]c3cc(C(=O)NCCc4ccccc4)ccc3c1C)nn2C(C)(C)C. The van der Waals surface area contributed by atoms with Crippen molar-refractivity contribution in [1.29, 1.82) is 0 Å². The molecular weight excluding hydrogens is 450 g/mol. The molecule has 8 nitrogen and oxygen atoms in total. The van der Waals surface area contributed by atoms with E-state index >= 15 is 0 Å². The number of H-pyrrole nitrogens is 1. The van der Waals surface area contributed by atoms with Crippen molar-refractivity contribution in [2.75, 3.05) is 18.9 Å². The van der Waals surface area contributed by atoms with E-state index in [1.165, 1.54) is 5.56 Å². The number of hydrogen-bond donors (Lipinski definition) is 3. The Labute approximate surface area is 210 Å². The number of aryl methyl sites for hydroxylation is 1. The first kappa shape index (κ1) is 23.5. The highest BCUT2D eigenvalue weighted by atomic mass is 16.1. The van der Waals surface area contributed by atoms with Crippen LogP contribution in [0.3, 0.4) is 0 Å². The monoisotopic (exact) mass is 481 g/mol. The van der Waals surface area contributed by atoms with Gasteiger partial charge in [-0.25, -0.2) is 14.6 Å². The molecule has 0 bridgehead atoms. The first-order valence-electron chi connectivity index (χ1n) is 12.1. The fraction of sp³-hybridized carbons (Fsp3) is 0.286. The minimum absolute atomic E-state index is 0.0880. The number of benzene rings is 2. The van der Waals surface area contributed by atoms with Crippen LogP contribution in [0.4, 0.5) is 5.82 Å². The van der Waals surface area contributed by atoms with Crippen molar-refractivity contribution in [3.05, 3.63) is 71.5 Å². The lowest BCUT2D eigenvalue weighted by molar-refractivity contribution is 0.0954. The standard InChI is InChI=1S/C28H31N7O/c1-17-20-12-11-19(27(36)30-14-13-18-9-7-6-8-10-18)15-21(20)33-23(17)24-22-25(29-5)31-16-32-26(22)35(34-24)28(2,3)4/h6-12,15-16,33H,13-14H2,1-5H3,(H,30,36)(H,29,31,32). The van der Waals surface area contributed by atoms with Gasteiger partial charge < -0.3 is 15.6 Å². The summed E-state index contributed by atoms with van der Waals surface area (Å²) in [6.07, 6.45) is 2.35. The van der Waals surface area contributed by atoms with Gasteiger partial charge in [0.25, 0.3) is 5.91 Å². The van der Waals surface area contributed by atoms with E-state index in [9.17, 15) is 4.79 Å². The number of aromatic nitrogens is 5. The van der Waals surface area contributed by atoms with Crippen molar-refractivity contribution in [2.45, 2.75) is 39.7 Å². The van der Waals surface area contributed by atoms with Crippen LogP contribution in [0.1, 0.15) is 42.3 Å². The number of amides is 1. The molecule has 3 aromatic heterocycles. The van der Waals surface area contributed by atoms with Crippen molar-refractivity contribution in [2.24, 2.45) is 0 Å². The molecule has 0 atom stereocenters. The number of fused-ring (bicyclic) bond motifs is 2. The third-order valence-electron chi connectivity index (χ3n) is 6.44. The lowest BCUT2D eigenvalue weighted by atomic mass is 10.1. The van der Waals surface area contributed by atoms with E-state index in [1.54, 1.807) is 6.33 Å². The quantitative estimate of drug-likeness (QED) is 0.315. The number of aromatic amines is 1. The van der Waals surface area contributed by atoms with Gasteiger partial charge in [-0.15, -0.1) is 0 Å². The zero-order valence-electron chi connectivity index (χ0n) is 21.3. The molecule has 0 spiro atoms. The first-order chi connectivity index (χ1) is 17.3. The molecule has 0 saturated heterocycles. The minimum atomic E-state index is -0.263. The van der Waals surface area contributed by atoms with Crippen LogP contribution in [0, 0.1) is 6.92 Å². The van der Waals surface area contributed by atoms with Crippen LogP contribution in [0.15, 0.2) is 54.9 Å². The third-order valence-corrected chi connectivity index (χ3v) is 6.44. The number of anilines is 1. The first-order valence-corrected chi connectivity index (χ1v) is 12.1. The average molecular weight is 482 g/mol. The number of rotatable bonds is 6. The highest BCUT2D eigenvalue weighted by molar-refractivity contribution is 6.04. The van der Waals surface area contributed by atoms with Crippen LogP contribution >= 0.6 is 0 Å². The molecular formula is C28H31N7O. The molecule has 1 amide bonds. The number of carbonyl (C=O) groups excluding carboxylic acids is 1. The second-order valence-electron chi connectivity index (χ2n) is 9.98. The Morgan fingerprint density at radius 1 is 1.08 bits per heavy atom. The molecule has 8 heteroatoms. The van der Waals surface area contributed by atoms with E-state index in [2.05, 4.69) is 65.4 Å². The minimum Gasteiger partial charge on any atom is -0.372 e. The Morgan fingerprint density at radius 2 is 1.86 bits per heavy atom. The van der Waals surface area contributed by atoms with E-state index in [1.807, 2.05) is 48.1 Å². The van der Waals surface area contributed by atoms with Crippen molar-refractivity contribution in [3.8, 4) is 11.4 Å². The summed E-state index contributed by atoms with van der Waals surface area (Å²) in [6.45, 7) is 8.96. The molecule has 2 aromatic carbocycles. The van der Waals surface area contributed by atoms with Crippen molar-refractivity contribution in [3.63, 3.8) is 0 Å². The van der Waals surface area contributed by atoms with Crippen LogP contribution in [0.5, 0.6) is 0 Å². The summed E-state index contributed by atoms with van der Waals surface area (Å²) in [5.41, 5.74) is 5.96. The predicted molar refractivity (Wildman–Crippen MR) is 144 cm³/mol. The van der Waals surface area contributed by atoms with Gasteiger partial charge in [-0.3, -0.25) is 4.79 Å². The Balaban J connectivity index is 1.51. The Kier molecular flexibility index (Phi) is 5.96. The Bertz CT molecular complexity index is 1560. The molecule has 0 aliphatic heterocycles. The van der Waals surface area contributed by atoms with Crippen LogP contribution in [0.2, 0.25) is 0 Å². The fourth-order valence-electron chi connectivity index (χ4n) is 4.57. The summed E-state index contributed by atoms with van der Waals surface area (Å²) in [7, 11) is 1.85. The van der Waals surface area contributed by atoms with Gasteiger partial charge in [-0.1, -0.05) is 36.4 Å². The van der Waals surface area contributed by atoms with Gasteiger partial charge >= 0.3 is 0 Å². The molecule has 3 heterocycles. The Morgan fingerprint density at radius 3 is 2.58 bits per heavy atom. The summed E-state index contributed by atoms with van der Waals surface area (Å²) >= 11 is 0. The maximum absolute atomic E-state index is 12.8. The van der Waals surface area contributed by atoms with Gasteiger partial charge in [-0.05, 0) is 57.4 Å². The lowest BCUT2D eigenvalue weighted by Gasteiger charge is -2.19. The van der Waals surface area contributed by atoms with Gasteiger partial charge in [-0.2, -0.15) is 5.10 Å². The molecule has 0 aliphatic carbocycles. The molecule has 0 radical (unpaired) electrons. The molecule has 5 rings (SSSR count). The molecule has 0 fully saturated rings. The average Bonchev–Trinajstić information content (AvgIpc) is 3.42. The zero-order chi connectivity index (χ0) is 25.4. The van der Waals surface area contributed by atoms with Crippen molar-refractivity contribution < 1.29 is 4.79 Å². The predicted octanol–water partition coefficient (Wildman–Crippen LogP) is 5.05. The summed E-state index contributed by atoms with van der Waals surface area (Å²) in [5, 5.41) is 13.1. The number of nitrogens with one attached hydrogen (secondary N) is 3. The molecule has 184 valence electrons. The van der Waals surface area contributed by atoms with Gasteiger partial charge in [0.15, 0.2) is 5.65 Å². The molecule has 0 aliphatic rings. The van der Waals surface area contributed by atoms with Gasteiger partial charge in [0.1, 0.15) is 17.8 Å². The van der Waals surface area contributed by atoms with Crippen LogP contribution in [0.25, 0.3) is 33.3 Å². The topological polar surface area (TPSA) is 101 Å². The van der Waals surface area contributed by atoms with Crippen LogP contribution < -0.4 is 10.6 Å². The molecule has 0 unspecified atom stereocenters. The number of nitrogens with zero attached hydrogens (tertiary/aromatic N) is 4. The van der Waals surface area contributed by atoms with E-state index in [4.69, 9.17) is 5.10 Å². The molecule has 36 heavy (non-hydrogen) atoms. The summed E-state index contributed by atoms with van der Waals surface area (Å²) in [6, 6.07) is 15.9. The highest BCUT2D eigenvalue weighted by Crippen LogP contribution is 2.37. The van der Waals surface area contributed by atoms with E-state index < -0.39 is 0 Å². The Hall–Kier alpha value is -4.20. The highest BCUT2D eigenvalue weighted by Gasteiger charge is 2.26. The normalized spacial score (nSPS) is 11.8. The van der Waals surface area contributed by atoms with Gasteiger partial charge in [0.2, 0.25) is 0 Å². The fourth-order valence-corrected chi connectivity index (χ4v) is 4.57. The van der Waals surface area contributed by atoms with Gasteiger partial charge in [0.05, 0.1) is 16.6 Å². The van der Waals surface area contributed by atoms with Crippen LogP contribution in [-0.4, -0.2) is 44.2 Å². The van der Waals surface area contributed by atoms with Crippen molar-refractivity contribution >= 4 is 33.7 Å².